The summed E-state index contributed by atoms with van der Waals surface area (Å²) in [5, 5.41) is 3.15. The molecule has 0 aliphatic carbocycles. The molecule has 0 heterocycles. The van der Waals surface area contributed by atoms with Gasteiger partial charge in [0.15, 0.2) is 0 Å². The van der Waals surface area contributed by atoms with Crippen LogP contribution in [0, 0.1) is 13.8 Å². The quantitative estimate of drug-likeness (QED) is 0.728. The Bertz CT molecular complexity index is 765. The zero-order valence-corrected chi connectivity index (χ0v) is 15.6. The van der Waals surface area contributed by atoms with Gasteiger partial charge in [0, 0.05) is 5.56 Å². The van der Waals surface area contributed by atoms with Crippen LogP contribution in [0.3, 0.4) is 0 Å². The van der Waals surface area contributed by atoms with E-state index in [0.29, 0.717) is 12.0 Å². The molecule has 2 rings (SSSR count). The Kier molecular flexibility index (Phi) is 6.40. The molecule has 0 aliphatic heterocycles. The molecule has 2 aromatic carbocycles. The lowest BCUT2D eigenvalue weighted by Gasteiger charge is -2.19. The van der Waals surface area contributed by atoms with E-state index in [9.17, 15) is 4.79 Å². The van der Waals surface area contributed by atoms with Gasteiger partial charge in [0.05, 0.1) is 13.2 Å². The van der Waals surface area contributed by atoms with Crippen LogP contribution in [-0.2, 0) is 6.42 Å². The van der Waals surface area contributed by atoms with Crippen LogP contribution in [0.1, 0.15) is 52.0 Å². The van der Waals surface area contributed by atoms with Gasteiger partial charge in [0.25, 0.3) is 5.91 Å². The number of nitrogens with one attached hydrogen (secondary N) is 1. The standard InChI is InChI=1S/C22H27NO2/c1-6-8-18-14-19(11-12-21(18)25-5)22(24)23-20(7-2)17-10-9-15(3)16(4)13-17/h6,9-14,20H,1,7-8H2,2-5H3,(H,23,24)/t20-/m1/s1. The van der Waals surface area contributed by atoms with Crippen LogP contribution in [0.25, 0.3) is 0 Å². The van der Waals surface area contributed by atoms with E-state index >= 15 is 0 Å². The van der Waals surface area contributed by atoms with Gasteiger partial charge in [-0.05, 0) is 67.1 Å². The average molecular weight is 337 g/mol. The topological polar surface area (TPSA) is 38.3 Å². The highest BCUT2D eigenvalue weighted by atomic mass is 16.5. The molecule has 132 valence electrons. The highest BCUT2D eigenvalue weighted by Crippen LogP contribution is 2.23. The molecule has 0 fully saturated rings. The number of benzene rings is 2. The Hall–Kier alpha value is -2.55. The molecular formula is C22H27NO2. The van der Waals surface area contributed by atoms with Gasteiger partial charge in [-0.2, -0.15) is 0 Å². The van der Waals surface area contributed by atoms with E-state index in [1.807, 2.05) is 18.2 Å². The number of allylic oxidation sites excluding steroid dienone is 1. The van der Waals surface area contributed by atoms with Crippen molar-refractivity contribution in [1.29, 1.82) is 0 Å². The van der Waals surface area contributed by atoms with Gasteiger partial charge in [0.2, 0.25) is 0 Å². The first kappa shape index (κ1) is 18.8. The van der Waals surface area contributed by atoms with Crippen molar-refractivity contribution in [3.8, 4) is 5.75 Å². The van der Waals surface area contributed by atoms with E-state index in [1.165, 1.54) is 11.1 Å². The summed E-state index contributed by atoms with van der Waals surface area (Å²) in [6, 6.07) is 11.9. The highest BCUT2D eigenvalue weighted by Gasteiger charge is 2.16. The van der Waals surface area contributed by atoms with Crippen molar-refractivity contribution in [2.45, 2.75) is 39.7 Å². The number of carbonyl (C=O) groups excluding carboxylic acids is 1. The molecule has 3 nitrogen and oxygen atoms in total. The van der Waals surface area contributed by atoms with Crippen molar-refractivity contribution in [2.24, 2.45) is 0 Å². The van der Waals surface area contributed by atoms with Crippen molar-refractivity contribution in [3.05, 3.63) is 76.9 Å². The first-order valence-electron chi connectivity index (χ1n) is 8.66. The zero-order valence-electron chi connectivity index (χ0n) is 15.6. The van der Waals surface area contributed by atoms with Crippen LogP contribution in [0.5, 0.6) is 5.75 Å². The van der Waals surface area contributed by atoms with Crippen LogP contribution in [0.2, 0.25) is 0 Å². The van der Waals surface area contributed by atoms with E-state index < -0.39 is 0 Å². The Morgan fingerprint density at radius 2 is 1.96 bits per heavy atom. The number of hydrogen-bond acceptors (Lipinski definition) is 2. The van der Waals surface area contributed by atoms with Crippen LogP contribution < -0.4 is 10.1 Å². The van der Waals surface area contributed by atoms with Gasteiger partial charge in [0.1, 0.15) is 5.75 Å². The van der Waals surface area contributed by atoms with Crippen LogP contribution >= 0.6 is 0 Å². The molecule has 0 aliphatic rings. The predicted octanol–water partition coefficient (Wildman–Crippen LogP) is 4.92. The fraction of sp³-hybridized carbons (Fsp3) is 0.318. The molecule has 1 atom stereocenters. The van der Waals surface area contributed by atoms with Gasteiger partial charge in [-0.3, -0.25) is 4.79 Å². The Morgan fingerprint density at radius 1 is 1.20 bits per heavy atom. The predicted molar refractivity (Wildman–Crippen MR) is 103 cm³/mol. The summed E-state index contributed by atoms with van der Waals surface area (Å²) in [5.74, 6) is 0.704. The molecule has 0 spiro atoms. The van der Waals surface area contributed by atoms with Crippen LogP contribution in [-0.4, -0.2) is 13.0 Å². The molecule has 0 saturated carbocycles. The van der Waals surface area contributed by atoms with Gasteiger partial charge in [-0.1, -0.05) is 31.2 Å². The fourth-order valence-electron chi connectivity index (χ4n) is 2.88. The maximum Gasteiger partial charge on any atom is 0.251 e. The van der Waals surface area contributed by atoms with E-state index in [1.54, 1.807) is 13.2 Å². The van der Waals surface area contributed by atoms with E-state index in [-0.39, 0.29) is 11.9 Å². The second-order valence-corrected chi connectivity index (χ2v) is 6.30. The summed E-state index contributed by atoms with van der Waals surface area (Å²) >= 11 is 0. The normalized spacial score (nSPS) is 11.7. The molecule has 0 saturated heterocycles. The zero-order chi connectivity index (χ0) is 18.4. The number of hydrogen-bond donors (Lipinski definition) is 1. The molecule has 0 unspecified atom stereocenters. The smallest absolute Gasteiger partial charge is 0.251 e. The summed E-state index contributed by atoms with van der Waals surface area (Å²) in [6.45, 7) is 10.0. The number of methoxy groups -OCH3 is 1. The molecule has 1 amide bonds. The minimum Gasteiger partial charge on any atom is -0.496 e. The Balaban J connectivity index is 2.23. The second kappa shape index (κ2) is 8.52. The third kappa shape index (κ3) is 4.50. The minimum atomic E-state index is -0.0713. The number of rotatable bonds is 7. The summed E-state index contributed by atoms with van der Waals surface area (Å²) in [4.78, 5) is 12.7. The first-order chi connectivity index (χ1) is 12.0. The summed E-state index contributed by atoms with van der Waals surface area (Å²) in [7, 11) is 1.63. The SMILES string of the molecule is C=CCc1cc(C(=O)N[C@H](CC)c2ccc(C)c(C)c2)ccc1OC. The van der Waals surface area contributed by atoms with Gasteiger partial charge < -0.3 is 10.1 Å². The highest BCUT2D eigenvalue weighted by molar-refractivity contribution is 5.94. The molecule has 0 bridgehead atoms. The number of amides is 1. The van der Waals surface area contributed by atoms with Gasteiger partial charge in [-0.25, -0.2) is 0 Å². The van der Waals surface area contributed by atoms with Crippen molar-refractivity contribution in [2.75, 3.05) is 7.11 Å². The second-order valence-electron chi connectivity index (χ2n) is 6.30. The van der Waals surface area contributed by atoms with Crippen molar-refractivity contribution in [1.82, 2.24) is 5.32 Å². The maximum absolute atomic E-state index is 12.7. The molecule has 1 N–H and O–H groups in total. The summed E-state index contributed by atoms with van der Waals surface area (Å²) < 4.78 is 5.35. The molecule has 0 aromatic heterocycles. The maximum atomic E-state index is 12.7. The molecule has 0 radical (unpaired) electrons. The fourth-order valence-corrected chi connectivity index (χ4v) is 2.88. The lowest BCUT2D eigenvalue weighted by Crippen LogP contribution is -2.28. The van der Waals surface area contributed by atoms with Crippen LogP contribution in [0.4, 0.5) is 0 Å². The Morgan fingerprint density at radius 3 is 2.56 bits per heavy atom. The van der Waals surface area contributed by atoms with E-state index in [4.69, 9.17) is 4.74 Å². The van der Waals surface area contributed by atoms with Crippen molar-refractivity contribution >= 4 is 5.91 Å². The largest absolute Gasteiger partial charge is 0.496 e. The molecule has 2 aromatic rings. The molecular weight excluding hydrogens is 310 g/mol. The van der Waals surface area contributed by atoms with Gasteiger partial charge in [-0.15, -0.1) is 6.58 Å². The first-order valence-corrected chi connectivity index (χ1v) is 8.66. The lowest BCUT2D eigenvalue weighted by molar-refractivity contribution is 0.0935. The summed E-state index contributed by atoms with van der Waals surface area (Å²) in [5.41, 5.74) is 5.24. The summed E-state index contributed by atoms with van der Waals surface area (Å²) in [6.07, 6.45) is 3.31. The van der Waals surface area contributed by atoms with Crippen molar-refractivity contribution in [3.63, 3.8) is 0 Å². The Labute approximate surface area is 150 Å². The van der Waals surface area contributed by atoms with E-state index in [2.05, 4.69) is 50.9 Å². The molecule has 3 heteroatoms. The number of ether oxygens (including phenoxy) is 1. The minimum absolute atomic E-state index is 0.00300. The monoisotopic (exact) mass is 337 g/mol. The third-order valence-corrected chi connectivity index (χ3v) is 4.55. The third-order valence-electron chi connectivity index (χ3n) is 4.55. The van der Waals surface area contributed by atoms with Crippen LogP contribution in [0.15, 0.2) is 49.1 Å². The van der Waals surface area contributed by atoms with E-state index in [0.717, 1.165) is 23.3 Å². The number of aryl methyl sites for hydroxylation is 2. The molecule has 25 heavy (non-hydrogen) atoms. The van der Waals surface area contributed by atoms with Gasteiger partial charge >= 0.3 is 0 Å². The number of carbonyl (C=O) groups is 1. The average Bonchev–Trinajstić information content (AvgIpc) is 2.62. The lowest BCUT2D eigenvalue weighted by atomic mass is 9.99. The van der Waals surface area contributed by atoms with Crippen molar-refractivity contribution < 1.29 is 9.53 Å².